The molecular weight excluding hydrogens is 555 g/mol. The lowest BCUT2D eigenvalue weighted by atomic mass is 9.75. The summed E-state index contributed by atoms with van der Waals surface area (Å²) in [6.45, 7) is 2.44. The Labute approximate surface area is 261 Å². The monoisotopic (exact) mass is 606 g/mol. The molecular formula is C38H52ClO2P. The second kappa shape index (κ2) is 13.4. The molecule has 228 valence electrons. The van der Waals surface area contributed by atoms with Gasteiger partial charge in [-0.15, -0.1) is 0 Å². The van der Waals surface area contributed by atoms with Crippen LogP contribution in [-0.4, -0.2) is 0 Å². The Morgan fingerprint density at radius 1 is 0.476 bits per heavy atom. The minimum Gasteiger partial charge on any atom is -0.427 e. The molecule has 2 nitrogen and oxygen atoms in total. The minimum absolute atomic E-state index is 0.229. The summed E-state index contributed by atoms with van der Waals surface area (Å²) in [5, 5.41) is 0. The highest BCUT2D eigenvalue weighted by molar-refractivity contribution is 7.76. The molecule has 0 unspecified atom stereocenters. The quantitative estimate of drug-likeness (QED) is 0.322. The van der Waals surface area contributed by atoms with Gasteiger partial charge in [0, 0.05) is 17.0 Å². The molecule has 4 saturated carbocycles. The van der Waals surface area contributed by atoms with E-state index in [1.165, 1.54) is 151 Å². The van der Waals surface area contributed by atoms with Crippen molar-refractivity contribution in [3.05, 3.63) is 57.6 Å². The van der Waals surface area contributed by atoms with Crippen LogP contribution in [0.25, 0.3) is 0 Å². The van der Waals surface area contributed by atoms with Crippen molar-refractivity contribution in [2.45, 2.75) is 165 Å². The molecule has 2 aromatic carbocycles. The lowest BCUT2D eigenvalue weighted by molar-refractivity contribution is 0.412. The first-order valence-corrected chi connectivity index (χ1v) is 19.9. The molecule has 2 aromatic rings. The molecule has 0 aromatic heterocycles. The first-order chi connectivity index (χ1) is 20.7. The van der Waals surface area contributed by atoms with E-state index in [9.17, 15) is 0 Å². The Morgan fingerprint density at radius 2 is 0.786 bits per heavy atom. The molecule has 0 spiro atoms. The molecule has 0 radical (unpaired) electrons. The highest BCUT2D eigenvalue weighted by Gasteiger charge is 2.35. The fourth-order valence-electron chi connectivity index (χ4n) is 9.36. The van der Waals surface area contributed by atoms with Gasteiger partial charge in [-0.05, 0) is 109 Å². The summed E-state index contributed by atoms with van der Waals surface area (Å²) < 4.78 is 13.6. The molecule has 0 N–H and O–H groups in total. The van der Waals surface area contributed by atoms with Crippen LogP contribution in [-0.2, 0) is 0 Å². The molecule has 4 heteroatoms. The van der Waals surface area contributed by atoms with E-state index in [1.54, 1.807) is 11.1 Å². The standard InChI is InChI=1S/C38H52ClO2P/c1-26-33-22-31(27-14-6-2-7-15-27)24-35(29-18-10-4-11-19-29)37(33)40-42(39)41-38-34(26)23-32(28-16-8-3-9-17-28)25-36(38)30-20-12-5-13-21-30/h22-30H,2-21H2,1H3. The fraction of sp³-hybridized carbons (Fsp3) is 0.684. The van der Waals surface area contributed by atoms with Gasteiger partial charge in [-0.1, -0.05) is 108 Å². The maximum absolute atomic E-state index is 7.12. The van der Waals surface area contributed by atoms with Crippen LogP contribution in [0, 0.1) is 0 Å². The summed E-state index contributed by atoms with van der Waals surface area (Å²) >= 11 is 7.12. The zero-order valence-electron chi connectivity index (χ0n) is 26.0. The normalized spacial score (nSPS) is 26.8. The lowest BCUT2D eigenvalue weighted by Gasteiger charge is -2.35. The summed E-state index contributed by atoms with van der Waals surface area (Å²) in [6.07, 6.45) is 26.7. The van der Waals surface area contributed by atoms with Crippen molar-refractivity contribution < 1.29 is 9.05 Å². The van der Waals surface area contributed by atoms with E-state index in [4.69, 9.17) is 20.3 Å². The Balaban J connectivity index is 1.38. The van der Waals surface area contributed by atoms with Crippen LogP contribution in [0.5, 0.6) is 11.5 Å². The van der Waals surface area contributed by atoms with Gasteiger partial charge in [0.05, 0.1) is 0 Å². The van der Waals surface area contributed by atoms with Crippen molar-refractivity contribution in [3.63, 3.8) is 0 Å². The van der Waals surface area contributed by atoms with E-state index in [0.717, 1.165) is 11.5 Å². The Hall–Kier alpha value is -1.24. The Bertz CT molecular complexity index is 1120. The predicted octanol–water partition coefficient (Wildman–Crippen LogP) is 13.3. The van der Waals surface area contributed by atoms with Crippen LogP contribution in [0.3, 0.4) is 0 Å². The van der Waals surface area contributed by atoms with Crippen molar-refractivity contribution in [3.8, 4) is 11.5 Å². The summed E-state index contributed by atoms with van der Waals surface area (Å²) in [5.41, 5.74) is 8.79. The van der Waals surface area contributed by atoms with Crippen LogP contribution < -0.4 is 9.05 Å². The summed E-state index contributed by atoms with van der Waals surface area (Å²) in [5.74, 6) is 4.90. The highest BCUT2D eigenvalue weighted by atomic mass is 35.7. The third-order valence-corrected chi connectivity index (χ3v) is 12.9. The van der Waals surface area contributed by atoms with Crippen LogP contribution in [0.2, 0.25) is 0 Å². The van der Waals surface area contributed by atoms with E-state index in [2.05, 4.69) is 31.2 Å². The van der Waals surface area contributed by atoms with Gasteiger partial charge in [-0.3, -0.25) is 0 Å². The van der Waals surface area contributed by atoms with E-state index >= 15 is 0 Å². The number of hydrogen-bond donors (Lipinski definition) is 0. The number of hydrogen-bond acceptors (Lipinski definition) is 2. The zero-order valence-corrected chi connectivity index (χ0v) is 27.6. The lowest BCUT2D eigenvalue weighted by Crippen LogP contribution is -2.16. The average molecular weight is 607 g/mol. The smallest absolute Gasteiger partial charge is 0.401 e. The van der Waals surface area contributed by atoms with Crippen molar-refractivity contribution in [1.29, 1.82) is 0 Å². The minimum atomic E-state index is -1.58. The first-order valence-electron chi connectivity index (χ1n) is 17.8. The second-order valence-corrected chi connectivity index (χ2v) is 16.1. The molecule has 1 aliphatic heterocycles. The first kappa shape index (κ1) is 29.5. The van der Waals surface area contributed by atoms with Crippen molar-refractivity contribution in [2.75, 3.05) is 0 Å². The molecule has 0 amide bonds. The van der Waals surface area contributed by atoms with Gasteiger partial charge < -0.3 is 9.05 Å². The van der Waals surface area contributed by atoms with E-state index in [1.807, 2.05) is 0 Å². The van der Waals surface area contributed by atoms with Gasteiger partial charge in [0.25, 0.3) is 0 Å². The highest BCUT2D eigenvalue weighted by Crippen LogP contribution is 2.58. The average Bonchev–Trinajstić information content (AvgIpc) is 3.05. The molecule has 4 aliphatic carbocycles. The van der Waals surface area contributed by atoms with Gasteiger partial charge in [-0.2, -0.15) is 0 Å². The van der Waals surface area contributed by atoms with E-state index < -0.39 is 7.73 Å². The second-order valence-electron chi connectivity index (χ2n) is 14.5. The third-order valence-electron chi connectivity index (χ3n) is 11.8. The van der Waals surface area contributed by atoms with Crippen LogP contribution in [0.15, 0.2) is 24.3 Å². The SMILES string of the molecule is CC1c2cc(C3CCCCC3)cc(C3CCCCC3)c2OP(Cl)Oc2c(C3CCCCC3)cc(C3CCCCC3)cc21. The maximum atomic E-state index is 7.12. The number of rotatable bonds is 4. The van der Waals surface area contributed by atoms with Gasteiger partial charge in [0.15, 0.2) is 0 Å². The van der Waals surface area contributed by atoms with Gasteiger partial charge in [-0.25, -0.2) is 0 Å². The fourth-order valence-corrected chi connectivity index (χ4v) is 10.5. The number of fused-ring (bicyclic) bond motifs is 2. The van der Waals surface area contributed by atoms with Crippen molar-refractivity contribution in [1.82, 2.24) is 0 Å². The van der Waals surface area contributed by atoms with Crippen LogP contribution >= 0.6 is 19.0 Å². The van der Waals surface area contributed by atoms with Crippen LogP contribution in [0.1, 0.15) is 198 Å². The molecule has 0 atom stereocenters. The number of benzene rings is 2. The topological polar surface area (TPSA) is 18.5 Å². The van der Waals surface area contributed by atoms with Gasteiger partial charge in [0.2, 0.25) is 0 Å². The molecule has 0 saturated heterocycles. The van der Waals surface area contributed by atoms with Crippen molar-refractivity contribution >= 4 is 19.0 Å². The summed E-state index contributed by atoms with van der Waals surface area (Å²) in [7, 11) is -1.58. The van der Waals surface area contributed by atoms with Gasteiger partial charge >= 0.3 is 7.73 Å². The molecule has 1 heterocycles. The van der Waals surface area contributed by atoms with Gasteiger partial charge in [0.1, 0.15) is 11.5 Å². The summed E-state index contributed by atoms with van der Waals surface area (Å²) in [4.78, 5) is 0. The van der Waals surface area contributed by atoms with E-state index in [0.29, 0.717) is 23.7 Å². The van der Waals surface area contributed by atoms with Crippen LogP contribution in [0.4, 0.5) is 0 Å². The largest absolute Gasteiger partial charge is 0.427 e. The third kappa shape index (κ3) is 6.15. The zero-order chi connectivity index (χ0) is 28.5. The van der Waals surface area contributed by atoms with E-state index in [-0.39, 0.29) is 5.92 Å². The maximum Gasteiger partial charge on any atom is 0.401 e. The number of halogens is 1. The molecule has 0 bridgehead atoms. The molecule has 5 aliphatic rings. The molecule has 7 rings (SSSR count). The molecule has 4 fully saturated rings. The Morgan fingerprint density at radius 3 is 1.14 bits per heavy atom. The predicted molar refractivity (Wildman–Crippen MR) is 178 cm³/mol. The Kier molecular flexibility index (Phi) is 9.40. The summed E-state index contributed by atoms with van der Waals surface area (Å²) in [6, 6.07) is 10.2. The molecule has 42 heavy (non-hydrogen) atoms. The van der Waals surface area contributed by atoms with Crippen molar-refractivity contribution in [2.24, 2.45) is 0 Å².